The number of carbonyl (C=O) groups is 1. The van der Waals surface area contributed by atoms with Gasteiger partial charge in [0, 0.05) is 37.4 Å². The molecular weight excluding hydrogens is 362 g/mol. The van der Waals surface area contributed by atoms with Crippen molar-refractivity contribution < 1.29 is 9.53 Å². The largest absolute Gasteiger partial charge is 0.383 e. The first-order valence-corrected chi connectivity index (χ1v) is 10.7. The number of fused-ring (bicyclic) bond motifs is 1. The number of thioether (sulfide) groups is 1. The van der Waals surface area contributed by atoms with Gasteiger partial charge in [0.05, 0.1) is 12.0 Å². The number of nitrogens with zero attached hydrogens (tertiary/aromatic N) is 3. The van der Waals surface area contributed by atoms with Crippen molar-refractivity contribution in [2.24, 2.45) is 0 Å². The van der Waals surface area contributed by atoms with E-state index < -0.39 is 0 Å². The summed E-state index contributed by atoms with van der Waals surface area (Å²) >= 11 is 1.87. The topological polar surface area (TPSA) is 64.4 Å². The highest BCUT2D eigenvalue weighted by molar-refractivity contribution is 7.99. The molecule has 3 rings (SSSR count). The average molecular weight is 390 g/mol. The highest BCUT2D eigenvalue weighted by Gasteiger charge is 2.30. The Bertz CT molecular complexity index is 846. The number of carbonyl (C=O) groups excluding carboxylic acids is 1. The van der Waals surface area contributed by atoms with Gasteiger partial charge in [0.1, 0.15) is 0 Å². The minimum atomic E-state index is -0.129. The van der Waals surface area contributed by atoms with E-state index in [1.165, 1.54) is 4.68 Å². The Morgan fingerprint density at radius 3 is 2.81 bits per heavy atom. The molecule has 1 aromatic heterocycles. The summed E-state index contributed by atoms with van der Waals surface area (Å²) < 4.78 is 6.68. The number of aryl methyl sites for hydroxylation is 1. The van der Waals surface area contributed by atoms with Crippen molar-refractivity contribution in [3.05, 3.63) is 40.3 Å². The van der Waals surface area contributed by atoms with Crippen LogP contribution in [-0.2, 0) is 11.3 Å². The Morgan fingerprint density at radius 1 is 1.37 bits per heavy atom. The highest BCUT2D eigenvalue weighted by atomic mass is 32.2. The zero-order valence-electron chi connectivity index (χ0n) is 16.0. The molecule has 0 bridgehead atoms. The van der Waals surface area contributed by atoms with Crippen molar-refractivity contribution >= 4 is 28.4 Å². The molecule has 1 fully saturated rings. The fourth-order valence-corrected chi connectivity index (χ4v) is 4.62. The molecule has 0 aliphatic carbocycles. The normalized spacial score (nSPS) is 16.7. The first kappa shape index (κ1) is 19.9. The van der Waals surface area contributed by atoms with Crippen LogP contribution in [0.5, 0.6) is 0 Å². The standard InChI is InChI=1S/C20H27N3O3S/c1-3-4-10-23-19(24)17-8-6-5-7-16(17)18(21-23)20(25)22(11-12-26-2)15-9-13-27-14-15/h5-8,15H,3-4,9-14H2,1-2H3/t15-/m0/s1. The molecule has 1 saturated heterocycles. The first-order valence-electron chi connectivity index (χ1n) is 9.54. The van der Waals surface area contributed by atoms with E-state index in [1.807, 2.05) is 34.9 Å². The van der Waals surface area contributed by atoms with E-state index in [0.29, 0.717) is 36.2 Å². The number of hydrogen-bond donors (Lipinski definition) is 0. The molecule has 1 aliphatic rings. The predicted octanol–water partition coefficient (Wildman–Crippen LogP) is 2.79. The quantitative estimate of drug-likeness (QED) is 0.695. The summed E-state index contributed by atoms with van der Waals surface area (Å²) in [5, 5.41) is 5.69. The molecule has 1 aliphatic heterocycles. The van der Waals surface area contributed by atoms with E-state index in [-0.39, 0.29) is 17.5 Å². The van der Waals surface area contributed by atoms with Gasteiger partial charge in [0.15, 0.2) is 5.69 Å². The minimum Gasteiger partial charge on any atom is -0.383 e. The van der Waals surface area contributed by atoms with Crippen LogP contribution in [0.2, 0.25) is 0 Å². The van der Waals surface area contributed by atoms with Gasteiger partial charge < -0.3 is 9.64 Å². The van der Waals surface area contributed by atoms with Crippen molar-refractivity contribution in [2.45, 2.75) is 38.8 Å². The molecule has 0 N–H and O–H groups in total. The molecular formula is C20H27N3O3S. The molecule has 1 atom stereocenters. The van der Waals surface area contributed by atoms with Crippen LogP contribution >= 0.6 is 11.8 Å². The lowest BCUT2D eigenvalue weighted by atomic mass is 10.1. The van der Waals surface area contributed by atoms with Crippen molar-refractivity contribution in [3.63, 3.8) is 0 Å². The molecule has 0 radical (unpaired) electrons. The van der Waals surface area contributed by atoms with Crippen LogP contribution in [-0.4, -0.2) is 58.4 Å². The Balaban J connectivity index is 2.05. The number of methoxy groups -OCH3 is 1. The Labute approximate surface area is 163 Å². The van der Waals surface area contributed by atoms with Crippen molar-refractivity contribution in [3.8, 4) is 0 Å². The van der Waals surface area contributed by atoms with E-state index in [9.17, 15) is 9.59 Å². The van der Waals surface area contributed by atoms with Crippen LogP contribution < -0.4 is 5.56 Å². The lowest BCUT2D eigenvalue weighted by molar-refractivity contribution is 0.0618. The van der Waals surface area contributed by atoms with E-state index >= 15 is 0 Å². The summed E-state index contributed by atoms with van der Waals surface area (Å²) in [6.07, 6.45) is 2.79. The second kappa shape index (κ2) is 9.37. The van der Waals surface area contributed by atoms with Gasteiger partial charge in [0.2, 0.25) is 0 Å². The maximum atomic E-state index is 13.5. The van der Waals surface area contributed by atoms with Gasteiger partial charge >= 0.3 is 0 Å². The number of benzene rings is 1. The predicted molar refractivity (Wildman–Crippen MR) is 110 cm³/mol. The maximum Gasteiger partial charge on any atom is 0.275 e. The van der Waals surface area contributed by atoms with E-state index in [4.69, 9.17) is 4.74 Å². The molecule has 0 saturated carbocycles. The Morgan fingerprint density at radius 2 is 2.15 bits per heavy atom. The van der Waals surface area contributed by atoms with Crippen LogP contribution in [0.3, 0.4) is 0 Å². The van der Waals surface area contributed by atoms with Gasteiger partial charge in [-0.25, -0.2) is 4.68 Å². The zero-order chi connectivity index (χ0) is 19.2. The third-order valence-corrected chi connectivity index (χ3v) is 6.08. The number of rotatable bonds is 8. The summed E-state index contributed by atoms with van der Waals surface area (Å²) in [6.45, 7) is 3.62. The SMILES string of the molecule is CCCCn1nc(C(=O)N(CCOC)[C@H]2CCSC2)c2ccccc2c1=O. The van der Waals surface area contributed by atoms with Crippen LogP contribution in [0.1, 0.15) is 36.7 Å². The summed E-state index contributed by atoms with van der Waals surface area (Å²) in [7, 11) is 1.64. The van der Waals surface area contributed by atoms with Gasteiger partial charge in [-0.05, 0) is 24.7 Å². The lowest BCUT2D eigenvalue weighted by Crippen LogP contribution is -2.43. The Hall–Kier alpha value is -1.86. The van der Waals surface area contributed by atoms with Crippen LogP contribution in [0, 0.1) is 0 Å². The molecule has 0 unspecified atom stereocenters. The van der Waals surface area contributed by atoms with E-state index in [0.717, 1.165) is 30.8 Å². The van der Waals surface area contributed by atoms with Crippen LogP contribution in [0.4, 0.5) is 0 Å². The molecule has 0 spiro atoms. The molecule has 6 nitrogen and oxygen atoms in total. The third-order valence-electron chi connectivity index (χ3n) is 4.94. The molecule has 27 heavy (non-hydrogen) atoms. The number of amides is 1. The minimum absolute atomic E-state index is 0.110. The summed E-state index contributed by atoms with van der Waals surface area (Å²) in [5.74, 6) is 1.88. The van der Waals surface area contributed by atoms with Gasteiger partial charge in [-0.1, -0.05) is 31.5 Å². The number of hydrogen-bond acceptors (Lipinski definition) is 5. The molecule has 7 heteroatoms. The van der Waals surface area contributed by atoms with Crippen molar-refractivity contribution in [1.82, 2.24) is 14.7 Å². The highest BCUT2D eigenvalue weighted by Crippen LogP contribution is 2.25. The van der Waals surface area contributed by atoms with Crippen LogP contribution in [0.15, 0.2) is 29.1 Å². The number of ether oxygens (including phenoxy) is 1. The first-order chi connectivity index (χ1) is 13.2. The van der Waals surface area contributed by atoms with E-state index in [2.05, 4.69) is 12.0 Å². The van der Waals surface area contributed by atoms with Gasteiger partial charge in [-0.15, -0.1) is 0 Å². The zero-order valence-corrected chi connectivity index (χ0v) is 16.8. The molecule has 2 heterocycles. The summed E-state index contributed by atoms with van der Waals surface area (Å²) in [6, 6.07) is 7.47. The van der Waals surface area contributed by atoms with Gasteiger partial charge in [-0.3, -0.25) is 9.59 Å². The smallest absolute Gasteiger partial charge is 0.275 e. The number of unbranched alkanes of at least 4 members (excludes halogenated alkanes) is 1. The average Bonchev–Trinajstić information content (AvgIpc) is 3.22. The summed E-state index contributed by atoms with van der Waals surface area (Å²) in [5.41, 5.74) is 0.241. The summed E-state index contributed by atoms with van der Waals surface area (Å²) in [4.78, 5) is 28.1. The molecule has 1 amide bonds. The monoisotopic (exact) mass is 389 g/mol. The second-order valence-corrected chi connectivity index (χ2v) is 7.93. The van der Waals surface area contributed by atoms with Gasteiger partial charge in [0.25, 0.3) is 11.5 Å². The van der Waals surface area contributed by atoms with Gasteiger partial charge in [-0.2, -0.15) is 16.9 Å². The van der Waals surface area contributed by atoms with E-state index in [1.54, 1.807) is 13.2 Å². The van der Waals surface area contributed by atoms with Crippen molar-refractivity contribution in [1.29, 1.82) is 0 Å². The third kappa shape index (κ3) is 4.35. The fraction of sp³-hybridized carbons (Fsp3) is 0.550. The molecule has 146 valence electrons. The van der Waals surface area contributed by atoms with Crippen molar-refractivity contribution in [2.75, 3.05) is 31.8 Å². The maximum absolute atomic E-state index is 13.5. The molecule has 1 aromatic carbocycles. The number of aromatic nitrogens is 2. The van der Waals surface area contributed by atoms with Crippen LogP contribution in [0.25, 0.3) is 10.8 Å². The second-order valence-electron chi connectivity index (χ2n) is 6.78. The molecule has 2 aromatic rings. The lowest BCUT2D eigenvalue weighted by Gasteiger charge is -2.28. The fourth-order valence-electron chi connectivity index (χ4n) is 3.40. The Kier molecular flexibility index (Phi) is 6.90.